The molecule has 11 heavy (non-hydrogen) atoms. The van der Waals surface area contributed by atoms with E-state index in [4.69, 9.17) is 0 Å². The predicted octanol–water partition coefficient (Wildman–Crippen LogP) is 2.05. The smallest absolute Gasteiger partial charge is 0.137 e. The Kier molecular flexibility index (Phi) is 2.47. The summed E-state index contributed by atoms with van der Waals surface area (Å²) < 4.78 is 0. The highest BCUT2D eigenvalue weighted by Gasteiger charge is 1.99. The standard InChI is InChI=1S/C9H13NO/c1-3-4-8-9(11)5-7(2)6-10-8/h5-6,11H,3-4H2,1-2H3. The second-order valence-electron chi connectivity index (χ2n) is 2.73. The SMILES string of the molecule is CCCc1ncc(C)cc1O. The van der Waals surface area contributed by atoms with Gasteiger partial charge in [-0.15, -0.1) is 0 Å². The van der Waals surface area contributed by atoms with E-state index in [0.717, 1.165) is 24.1 Å². The molecule has 0 amide bonds. The van der Waals surface area contributed by atoms with Crippen LogP contribution >= 0.6 is 0 Å². The lowest BCUT2D eigenvalue weighted by Gasteiger charge is -2.01. The first-order chi connectivity index (χ1) is 5.24. The van der Waals surface area contributed by atoms with Gasteiger partial charge in [0.1, 0.15) is 5.75 Å². The summed E-state index contributed by atoms with van der Waals surface area (Å²) in [7, 11) is 0. The lowest BCUT2D eigenvalue weighted by molar-refractivity contribution is 0.463. The predicted molar refractivity (Wildman–Crippen MR) is 44.6 cm³/mol. The zero-order valence-corrected chi connectivity index (χ0v) is 6.96. The molecule has 60 valence electrons. The number of nitrogens with zero attached hydrogens (tertiary/aromatic N) is 1. The number of aryl methyl sites for hydroxylation is 2. The molecule has 1 heterocycles. The monoisotopic (exact) mass is 151 g/mol. The van der Waals surface area contributed by atoms with Gasteiger partial charge in [0.25, 0.3) is 0 Å². The van der Waals surface area contributed by atoms with Crippen molar-refractivity contribution in [2.75, 3.05) is 0 Å². The molecular weight excluding hydrogens is 138 g/mol. The molecule has 0 bridgehead atoms. The summed E-state index contributed by atoms with van der Waals surface area (Å²) in [5, 5.41) is 9.36. The van der Waals surface area contributed by atoms with Crippen LogP contribution in [0.15, 0.2) is 12.3 Å². The molecule has 1 N–H and O–H groups in total. The van der Waals surface area contributed by atoms with Gasteiger partial charge in [0.15, 0.2) is 0 Å². The first kappa shape index (κ1) is 8.05. The molecule has 0 aliphatic rings. The minimum Gasteiger partial charge on any atom is -0.506 e. The Hall–Kier alpha value is -1.05. The molecule has 2 heteroatoms. The second kappa shape index (κ2) is 3.37. The van der Waals surface area contributed by atoms with Gasteiger partial charge in [0, 0.05) is 6.20 Å². The van der Waals surface area contributed by atoms with Crippen molar-refractivity contribution in [3.8, 4) is 5.75 Å². The van der Waals surface area contributed by atoms with Crippen LogP contribution in [-0.2, 0) is 6.42 Å². The summed E-state index contributed by atoms with van der Waals surface area (Å²) in [6, 6.07) is 1.75. The van der Waals surface area contributed by atoms with Crippen LogP contribution in [0.4, 0.5) is 0 Å². The Morgan fingerprint density at radius 1 is 1.55 bits per heavy atom. The van der Waals surface area contributed by atoms with E-state index in [0.29, 0.717) is 5.75 Å². The third kappa shape index (κ3) is 1.93. The topological polar surface area (TPSA) is 33.1 Å². The fraction of sp³-hybridized carbons (Fsp3) is 0.444. The van der Waals surface area contributed by atoms with Crippen LogP contribution in [0.3, 0.4) is 0 Å². The van der Waals surface area contributed by atoms with E-state index >= 15 is 0 Å². The van der Waals surface area contributed by atoms with Crippen molar-refractivity contribution in [2.24, 2.45) is 0 Å². The molecule has 0 spiro atoms. The first-order valence-corrected chi connectivity index (χ1v) is 3.88. The van der Waals surface area contributed by atoms with Gasteiger partial charge < -0.3 is 5.11 Å². The number of pyridine rings is 1. The van der Waals surface area contributed by atoms with Gasteiger partial charge in [-0.25, -0.2) is 0 Å². The minimum absolute atomic E-state index is 0.326. The molecule has 0 aliphatic carbocycles. The van der Waals surface area contributed by atoms with Crippen LogP contribution in [0.2, 0.25) is 0 Å². The Morgan fingerprint density at radius 2 is 2.27 bits per heavy atom. The van der Waals surface area contributed by atoms with Crippen LogP contribution in [0.25, 0.3) is 0 Å². The maximum absolute atomic E-state index is 9.36. The van der Waals surface area contributed by atoms with E-state index in [-0.39, 0.29) is 0 Å². The number of hydrogen-bond acceptors (Lipinski definition) is 2. The third-order valence-electron chi connectivity index (χ3n) is 1.57. The number of aromatic hydroxyl groups is 1. The van der Waals surface area contributed by atoms with Crippen LogP contribution in [0.5, 0.6) is 5.75 Å². The summed E-state index contributed by atoms with van der Waals surface area (Å²) in [6.07, 6.45) is 3.65. The number of aromatic nitrogens is 1. The van der Waals surface area contributed by atoms with Gasteiger partial charge in [0.05, 0.1) is 5.69 Å². The lowest BCUT2D eigenvalue weighted by atomic mass is 10.2. The Labute approximate surface area is 66.9 Å². The molecule has 2 nitrogen and oxygen atoms in total. The maximum Gasteiger partial charge on any atom is 0.137 e. The van der Waals surface area contributed by atoms with E-state index < -0.39 is 0 Å². The van der Waals surface area contributed by atoms with E-state index in [1.165, 1.54) is 0 Å². The molecule has 0 aliphatic heterocycles. The van der Waals surface area contributed by atoms with E-state index in [1.54, 1.807) is 12.3 Å². The fourth-order valence-electron chi connectivity index (χ4n) is 1.01. The van der Waals surface area contributed by atoms with Crippen molar-refractivity contribution < 1.29 is 5.11 Å². The van der Waals surface area contributed by atoms with Crippen LogP contribution < -0.4 is 0 Å². The van der Waals surface area contributed by atoms with Gasteiger partial charge in [-0.3, -0.25) is 4.98 Å². The molecule has 0 saturated heterocycles. The van der Waals surface area contributed by atoms with Crippen molar-refractivity contribution in [3.63, 3.8) is 0 Å². The van der Waals surface area contributed by atoms with Gasteiger partial charge in [-0.05, 0) is 25.0 Å². The van der Waals surface area contributed by atoms with Crippen LogP contribution in [0, 0.1) is 6.92 Å². The van der Waals surface area contributed by atoms with E-state index in [1.807, 2.05) is 6.92 Å². The van der Waals surface area contributed by atoms with Crippen LogP contribution in [-0.4, -0.2) is 10.1 Å². The maximum atomic E-state index is 9.36. The van der Waals surface area contributed by atoms with Gasteiger partial charge >= 0.3 is 0 Å². The summed E-state index contributed by atoms with van der Waals surface area (Å²) >= 11 is 0. The lowest BCUT2D eigenvalue weighted by Crippen LogP contribution is -1.89. The molecule has 0 saturated carbocycles. The van der Waals surface area contributed by atoms with Crippen LogP contribution in [0.1, 0.15) is 24.6 Å². The molecule has 0 radical (unpaired) electrons. The molecule has 1 aromatic heterocycles. The normalized spacial score (nSPS) is 10.0. The summed E-state index contributed by atoms with van der Waals surface area (Å²) in [5.41, 5.74) is 1.81. The van der Waals surface area contributed by atoms with Gasteiger partial charge in [0.2, 0.25) is 0 Å². The molecule has 0 aromatic carbocycles. The minimum atomic E-state index is 0.326. The fourth-order valence-corrected chi connectivity index (χ4v) is 1.01. The average molecular weight is 151 g/mol. The molecular formula is C9H13NO. The van der Waals surface area contributed by atoms with Gasteiger partial charge in [-0.2, -0.15) is 0 Å². The number of hydrogen-bond donors (Lipinski definition) is 1. The highest BCUT2D eigenvalue weighted by Crippen LogP contribution is 2.16. The Morgan fingerprint density at radius 3 is 2.82 bits per heavy atom. The molecule has 1 rings (SSSR count). The molecule has 0 fully saturated rings. The van der Waals surface area contributed by atoms with Gasteiger partial charge in [-0.1, -0.05) is 13.3 Å². The molecule has 0 unspecified atom stereocenters. The Balaban J connectivity index is 2.90. The van der Waals surface area contributed by atoms with Crippen molar-refractivity contribution >= 4 is 0 Å². The van der Waals surface area contributed by atoms with E-state index in [9.17, 15) is 5.11 Å². The summed E-state index contributed by atoms with van der Waals surface area (Å²) in [4.78, 5) is 4.12. The zero-order valence-electron chi connectivity index (χ0n) is 6.96. The summed E-state index contributed by atoms with van der Waals surface area (Å²) in [6.45, 7) is 3.99. The van der Waals surface area contributed by atoms with E-state index in [2.05, 4.69) is 11.9 Å². The second-order valence-corrected chi connectivity index (χ2v) is 2.73. The quantitative estimate of drug-likeness (QED) is 0.701. The van der Waals surface area contributed by atoms with Crippen molar-refractivity contribution in [1.29, 1.82) is 0 Å². The van der Waals surface area contributed by atoms with Crippen molar-refractivity contribution in [3.05, 3.63) is 23.5 Å². The number of rotatable bonds is 2. The summed E-state index contributed by atoms with van der Waals surface area (Å²) in [5.74, 6) is 0.326. The highest BCUT2D eigenvalue weighted by molar-refractivity contribution is 5.29. The molecule has 1 aromatic rings. The first-order valence-electron chi connectivity index (χ1n) is 3.88. The molecule has 0 atom stereocenters. The largest absolute Gasteiger partial charge is 0.506 e. The average Bonchev–Trinajstić information content (AvgIpc) is 1.95. The third-order valence-corrected chi connectivity index (χ3v) is 1.57. The highest BCUT2D eigenvalue weighted by atomic mass is 16.3. The van der Waals surface area contributed by atoms with Crippen molar-refractivity contribution in [2.45, 2.75) is 26.7 Å². The van der Waals surface area contributed by atoms with Crippen molar-refractivity contribution in [1.82, 2.24) is 4.98 Å². The Bertz CT molecular complexity index is 245. The zero-order chi connectivity index (χ0) is 8.27.